The van der Waals surface area contributed by atoms with Crippen LogP contribution in [-0.4, -0.2) is 42.0 Å². The second-order valence-electron chi connectivity index (χ2n) is 5.03. The van der Waals surface area contributed by atoms with Gasteiger partial charge in [0.2, 0.25) is 5.56 Å². The first kappa shape index (κ1) is 13.8. The largest absolute Gasteiger partial charge is 0.352 e. The van der Waals surface area contributed by atoms with E-state index in [9.17, 15) is 9.59 Å². The minimum absolute atomic E-state index is 0.117. The number of rotatable bonds is 4. The fourth-order valence-electron chi connectivity index (χ4n) is 2.40. The van der Waals surface area contributed by atoms with Gasteiger partial charge in [-0.25, -0.2) is 0 Å². The van der Waals surface area contributed by atoms with E-state index in [1.54, 1.807) is 6.07 Å². The molecule has 1 aromatic heterocycles. The zero-order chi connectivity index (χ0) is 13.7. The van der Waals surface area contributed by atoms with Gasteiger partial charge in [0.15, 0.2) is 0 Å². The molecule has 2 N–H and O–H groups in total. The highest BCUT2D eigenvalue weighted by molar-refractivity contribution is 5.93. The summed E-state index contributed by atoms with van der Waals surface area (Å²) in [7, 11) is 0. The van der Waals surface area contributed by atoms with Gasteiger partial charge in [-0.15, -0.1) is 0 Å². The molecule has 0 saturated carbocycles. The molecular weight excluding hydrogens is 242 g/mol. The van der Waals surface area contributed by atoms with E-state index in [1.165, 1.54) is 12.3 Å². The fourth-order valence-corrected chi connectivity index (χ4v) is 2.40. The zero-order valence-corrected chi connectivity index (χ0v) is 11.3. The van der Waals surface area contributed by atoms with Crippen LogP contribution in [0.2, 0.25) is 0 Å². The summed E-state index contributed by atoms with van der Waals surface area (Å²) in [5.41, 5.74) is 0.314. The Balaban J connectivity index is 1.78. The van der Waals surface area contributed by atoms with Gasteiger partial charge < -0.3 is 15.2 Å². The van der Waals surface area contributed by atoms with Gasteiger partial charge in [0, 0.05) is 18.8 Å². The van der Waals surface area contributed by atoms with Crippen molar-refractivity contribution in [2.45, 2.75) is 19.8 Å². The number of nitrogens with zero attached hydrogens (tertiary/aromatic N) is 1. The summed E-state index contributed by atoms with van der Waals surface area (Å²) >= 11 is 0. The Kier molecular flexibility index (Phi) is 4.74. The summed E-state index contributed by atoms with van der Waals surface area (Å²) in [6, 6.07) is 2.92. The van der Waals surface area contributed by atoms with Crippen molar-refractivity contribution in [1.82, 2.24) is 15.2 Å². The minimum atomic E-state index is -0.191. The Morgan fingerprint density at radius 3 is 2.74 bits per heavy atom. The molecule has 0 aromatic carbocycles. The summed E-state index contributed by atoms with van der Waals surface area (Å²) < 4.78 is 0. The quantitative estimate of drug-likeness (QED) is 0.846. The number of pyridine rings is 1. The van der Waals surface area contributed by atoms with E-state index in [4.69, 9.17) is 0 Å². The third-order valence-corrected chi connectivity index (χ3v) is 3.75. The van der Waals surface area contributed by atoms with Gasteiger partial charge in [-0.1, -0.05) is 6.92 Å². The van der Waals surface area contributed by atoms with E-state index in [0.717, 1.165) is 39.0 Å². The topological polar surface area (TPSA) is 65.2 Å². The molecule has 1 fully saturated rings. The van der Waals surface area contributed by atoms with E-state index < -0.39 is 0 Å². The van der Waals surface area contributed by atoms with Gasteiger partial charge in [0.05, 0.1) is 5.56 Å². The number of hydrogen-bond acceptors (Lipinski definition) is 3. The van der Waals surface area contributed by atoms with Gasteiger partial charge in [0.25, 0.3) is 5.91 Å². The van der Waals surface area contributed by atoms with Gasteiger partial charge >= 0.3 is 0 Å². The number of piperidine rings is 1. The minimum Gasteiger partial charge on any atom is -0.352 e. The molecule has 2 rings (SSSR count). The van der Waals surface area contributed by atoms with Crippen molar-refractivity contribution in [2.75, 3.05) is 26.2 Å². The van der Waals surface area contributed by atoms with Crippen molar-refractivity contribution >= 4 is 5.91 Å². The molecule has 0 spiro atoms. The first-order valence-electron chi connectivity index (χ1n) is 6.88. The molecule has 5 nitrogen and oxygen atoms in total. The van der Waals surface area contributed by atoms with Crippen LogP contribution in [0.1, 0.15) is 30.1 Å². The maximum absolute atomic E-state index is 11.9. The Bertz CT molecular complexity index is 455. The van der Waals surface area contributed by atoms with Crippen molar-refractivity contribution in [2.24, 2.45) is 5.92 Å². The lowest BCUT2D eigenvalue weighted by molar-refractivity contribution is 0.0936. The van der Waals surface area contributed by atoms with E-state index in [0.29, 0.717) is 11.5 Å². The monoisotopic (exact) mass is 263 g/mol. The van der Waals surface area contributed by atoms with Crippen LogP contribution in [-0.2, 0) is 0 Å². The second kappa shape index (κ2) is 6.52. The van der Waals surface area contributed by atoms with Crippen molar-refractivity contribution in [3.8, 4) is 0 Å². The maximum Gasteiger partial charge on any atom is 0.252 e. The standard InChI is InChI=1S/C14H21N3O2/c1-2-17-7-5-11(6-8-17)9-16-14(19)12-3-4-13(18)15-10-12/h3-4,10-11H,2,5-9H2,1H3,(H,15,18)(H,16,19). The van der Waals surface area contributed by atoms with E-state index >= 15 is 0 Å². The van der Waals surface area contributed by atoms with E-state index in [2.05, 4.69) is 22.1 Å². The third-order valence-electron chi connectivity index (χ3n) is 3.75. The lowest BCUT2D eigenvalue weighted by Crippen LogP contribution is -2.38. The smallest absolute Gasteiger partial charge is 0.252 e. The summed E-state index contributed by atoms with van der Waals surface area (Å²) in [4.78, 5) is 27.7. The van der Waals surface area contributed by atoms with Crippen LogP contribution in [0, 0.1) is 5.92 Å². The summed E-state index contributed by atoms with van der Waals surface area (Å²) in [5, 5.41) is 2.94. The molecule has 2 heterocycles. The predicted octanol–water partition coefficient (Wildman–Crippen LogP) is 0.837. The number of carbonyl (C=O) groups is 1. The number of aromatic nitrogens is 1. The molecule has 1 aliphatic rings. The molecule has 1 aliphatic heterocycles. The SMILES string of the molecule is CCN1CCC(CNC(=O)c2ccc(=O)[nH]c2)CC1. The molecule has 0 unspecified atom stereocenters. The van der Waals surface area contributed by atoms with Crippen molar-refractivity contribution in [1.29, 1.82) is 0 Å². The van der Waals surface area contributed by atoms with Gasteiger partial charge in [-0.05, 0) is 44.5 Å². The molecule has 5 heteroatoms. The third kappa shape index (κ3) is 3.92. The summed E-state index contributed by atoms with van der Waals surface area (Å²) in [6.07, 6.45) is 3.73. The van der Waals surface area contributed by atoms with E-state index in [1.807, 2.05) is 0 Å². The van der Waals surface area contributed by atoms with Crippen LogP contribution in [0.15, 0.2) is 23.1 Å². The Hall–Kier alpha value is -1.62. The molecule has 19 heavy (non-hydrogen) atoms. The highest BCUT2D eigenvalue weighted by atomic mass is 16.1. The number of carbonyl (C=O) groups excluding carboxylic acids is 1. The number of aromatic amines is 1. The lowest BCUT2D eigenvalue weighted by atomic mass is 9.97. The van der Waals surface area contributed by atoms with Crippen LogP contribution in [0.5, 0.6) is 0 Å². The first-order valence-corrected chi connectivity index (χ1v) is 6.88. The van der Waals surface area contributed by atoms with E-state index in [-0.39, 0.29) is 11.5 Å². The number of amides is 1. The van der Waals surface area contributed by atoms with Crippen molar-refractivity contribution in [3.63, 3.8) is 0 Å². The first-order chi connectivity index (χ1) is 9.19. The average molecular weight is 263 g/mol. The highest BCUT2D eigenvalue weighted by Gasteiger charge is 2.18. The zero-order valence-electron chi connectivity index (χ0n) is 11.3. The summed E-state index contributed by atoms with van der Waals surface area (Å²) in [5.74, 6) is 0.448. The number of nitrogens with one attached hydrogen (secondary N) is 2. The predicted molar refractivity (Wildman–Crippen MR) is 74.2 cm³/mol. The fraction of sp³-hybridized carbons (Fsp3) is 0.571. The molecule has 104 valence electrons. The average Bonchev–Trinajstić information content (AvgIpc) is 2.46. The molecule has 0 atom stereocenters. The molecule has 0 radical (unpaired) electrons. The molecule has 0 bridgehead atoms. The van der Waals surface area contributed by atoms with Gasteiger partial charge in [0.1, 0.15) is 0 Å². The second-order valence-corrected chi connectivity index (χ2v) is 5.03. The van der Waals surface area contributed by atoms with Crippen molar-refractivity contribution < 1.29 is 4.79 Å². The van der Waals surface area contributed by atoms with Crippen LogP contribution < -0.4 is 10.9 Å². The lowest BCUT2D eigenvalue weighted by Gasteiger charge is -2.31. The van der Waals surface area contributed by atoms with Gasteiger partial charge in [-0.3, -0.25) is 9.59 Å². The van der Waals surface area contributed by atoms with Crippen molar-refractivity contribution in [3.05, 3.63) is 34.2 Å². The normalized spacial score (nSPS) is 17.3. The summed E-state index contributed by atoms with van der Waals surface area (Å²) in [6.45, 7) is 6.25. The maximum atomic E-state index is 11.9. The molecule has 1 saturated heterocycles. The van der Waals surface area contributed by atoms with Crippen LogP contribution in [0.3, 0.4) is 0 Å². The molecule has 1 amide bonds. The number of H-pyrrole nitrogens is 1. The van der Waals surface area contributed by atoms with Crippen LogP contribution in [0.4, 0.5) is 0 Å². The Labute approximate surface area is 113 Å². The Morgan fingerprint density at radius 2 is 2.16 bits per heavy atom. The molecule has 1 aromatic rings. The van der Waals surface area contributed by atoms with Crippen LogP contribution >= 0.6 is 0 Å². The van der Waals surface area contributed by atoms with Gasteiger partial charge in [-0.2, -0.15) is 0 Å². The molecular formula is C14H21N3O2. The van der Waals surface area contributed by atoms with Crippen LogP contribution in [0.25, 0.3) is 0 Å². The number of hydrogen-bond donors (Lipinski definition) is 2. The molecule has 0 aliphatic carbocycles. The Morgan fingerprint density at radius 1 is 1.42 bits per heavy atom. The highest BCUT2D eigenvalue weighted by Crippen LogP contribution is 2.15. The number of likely N-dealkylation sites (tertiary alicyclic amines) is 1.